The molecule has 1 unspecified atom stereocenters. The van der Waals surface area contributed by atoms with Gasteiger partial charge in [-0.2, -0.15) is 0 Å². The predicted molar refractivity (Wildman–Crippen MR) is 64.5 cm³/mol. The molecular weight excluding hydrogens is 222 g/mol. The van der Waals surface area contributed by atoms with Crippen LogP contribution in [-0.4, -0.2) is 49.7 Å². The highest BCUT2D eigenvalue weighted by Crippen LogP contribution is 2.25. The van der Waals surface area contributed by atoms with Crippen molar-refractivity contribution in [3.05, 3.63) is 24.3 Å². The van der Waals surface area contributed by atoms with Gasteiger partial charge in [-0.05, 0) is 12.1 Å². The number of para-hydroxylation sites is 2. The van der Waals surface area contributed by atoms with Gasteiger partial charge in [0.2, 0.25) is 0 Å². The second kappa shape index (κ2) is 7.89. The molecule has 0 bridgehead atoms. The van der Waals surface area contributed by atoms with Crippen LogP contribution < -0.4 is 14.8 Å². The van der Waals surface area contributed by atoms with Gasteiger partial charge < -0.3 is 25.0 Å². The van der Waals surface area contributed by atoms with Crippen LogP contribution in [0, 0.1) is 0 Å². The monoisotopic (exact) mass is 241 g/mol. The topological polar surface area (TPSA) is 71.0 Å². The molecule has 1 atom stereocenters. The molecule has 17 heavy (non-hydrogen) atoms. The van der Waals surface area contributed by atoms with E-state index in [4.69, 9.17) is 14.6 Å². The van der Waals surface area contributed by atoms with Crippen LogP contribution in [0.5, 0.6) is 11.5 Å². The Morgan fingerprint density at radius 3 is 2.65 bits per heavy atom. The van der Waals surface area contributed by atoms with Crippen LogP contribution in [0.4, 0.5) is 0 Å². The Kier molecular flexibility index (Phi) is 6.39. The van der Waals surface area contributed by atoms with Crippen LogP contribution in [-0.2, 0) is 0 Å². The summed E-state index contributed by atoms with van der Waals surface area (Å²) < 4.78 is 10.6. The molecule has 5 heteroatoms. The second-order valence-corrected chi connectivity index (χ2v) is 3.54. The van der Waals surface area contributed by atoms with Crippen LogP contribution in [0.25, 0.3) is 0 Å². The first-order chi connectivity index (χ1) is 8.27. The highest BCUT2D eigenvalue weighted by Gasteiger charge is 2.07. The van der Waals surface area contributed by atoms with Crippen LogP contribution in [0.2, 0.25) is 0 Å². The van der Waals surface area contributed by atoms with E-state index >= 15 is 0 Å². The van der Waals surface area contributed by atoms with Crippen molar-refractivity contribution >= 4 is 0 Å². The molecule has 0 heterocycles. The van der Waals surface area contributed by atoms with E-state index < -0.39 is 6.10 Å². The zero-order valence-corrected chi connectivity index (χ0v) is 9.93. The van der Waals surface area contributed by atoms with Gasteiger partial charge in [0.15, 0.2) is 11.5 Å². The molecule has 0 saturated carbocycles. The fourth-order valence-electron chi connectivity index (χ4n) is 1.33. The first kappa shape index (κ1) is 13.8. The molecule has 0 aliphatic rings. The largest absolute Gasteiger partial charge is 0.493 e. The Labute approximate surface area is 101 Å². The van der Waals surface area contributed by atoms with Gasteiger partial charge in [0.25, 0.3) is 0 Å². The summed E-state index contributed by atoms with van der Waals surface area (Å²) in [5.74, 6) is 1.25. The SMILES string of the molecule is COc1ccccc1OCC(O)CNCCO. The molecule has 96 valence electrons. The Hall–Kier alpha value is -1.30. The third-order valence-electron chi connectivity index (χ3n) is 2.17. The van der Waals surface area contributed by atoms with E-state index in [1.54, 1.807) is 19.2 Å². The Balaban J connectivity index is 2.33. The highest BCUT2D eigenvalue weighted by molar-refractivity contribution is 5.39. The van der Waals surface area contributed by atoms with Crippen molar-refractivity contribution in [3.8, 4) is 11.5 Å². The van der Waals surface area contributed by atoms with Gasteiger partial charge >= 0.3 is 0 Å². The van der Waals surface area contributed by atoms with Crippen LogP contribution in [0.15, 0.2) is 24.3 Å². The number of nitrogens with one attached hydrogen (secondary N) is 1. The Morgan fingerprint density at radius 1 is 1.29 bits per heavy atom. The van der Waals surface area contributed by atoms with E-state index in [2.05, 4.69) is 5.32 Å². The Morgan fingerprint density at radius 2 is 2.00 bits per heavy atom. The third kappa shape index (κ3) is 5.04. The smallest absolute Gasteiger partial charge is 0.161 e. The molecule has 1 rings (SSSR count). The molecule has 0 aromatic heterocycles. The van der Waals surface area contributed by atoms with Crippen LogP contribution in [0.3, 0.4) is 0 Å². The summed E-state index contributed by atoms with van der Waals surface area (Å²) in [6.07, 6.45) is -0.619. The lowest BCUT2D eigenvalue weighted by Gasteiger charge is -2.14. The number of hydrogen-bond donors (Lipinski definition) is 3. The summed E-state index contributed by atoms with van der Waals surface area (Å²) in [4.78, 5) is 0. The molecule has 0 aliphatic heterocycles. The summed E-state index contributed by atoms with van der Waals surface area (Å²) in [7, 11) is 1.57. The van der Waals surface area contributed by atoms with Gasteiger partial charge in [0.1, 0.15) is 12.7 Å². The molecule has 3 N–H and O–H groups in total. The van der Waals surface area contributed by atoms with Crippen molar-refractivity contribution in [2.75, 3.05) is 33.4 Å². The van der Waals surface area contributed by atoms with Gasteiger partial charge in [-0.3, -0.25) is 0 Å². The quantitative estimate of drug-likeness (QED) is 0.560. The summed E-state index contributed by atoms with van der Waals surface area (Å²) in [6, 6.07) is 7.28. The summed E-state index contributed by atoms with van der Waals surface area (Å²) in [5, 5.41) is 21.0. The standard InChI is InChI=1S/C12H19NO4/c1-16-11-4-2-3-5-12(11)17-9-10(15)8-13-6-7-14/h2-5,10,13-15H,6-9H2,1H3. The molecule has 1 aromatic carbocycles. The number of aliphatic hydroxyl groups is 2. The van der Waals surface area contributed by atoms with Gasteiger partial charge in [0, 0.05) is 13.1 Å². The normalized spacial score (nSPS) is 12.2. The molecule has 0 amide bonds. The van der Waals surface area contributed by atoms with E-state index in [1.165, 1.54) is 0 Å². The van der Waals surface area contributed by atoms with E-state index in [0.29, 0.717) is 24.6 Å². The first-order valence-corrected chi connectivity index (χ1v) is 5.53. The van der Waals surface area contributed by atoms with Crippen molar-refractivity contribution < 1.29 is 19.7 Å². The third-order valence-corrected chi connectivity index (χ3v) is 2.17. The summed E-state index contributed by atoms with van der Waals surface area (Å²) >= 11 is 0. The number of rotatable bonds is 8. The van der Waals surface area contributed by atoms with Crippen LogP contribution in [0.1, 0.15) is 0 Å². The zero-order chi connectivity index (χ0) is 12.5. The van der Waals surface area contributed by atoms with Crippen molar-refractivity contribution in [3.63, 3.8) is 0 Å². The number of hydrogen-bond acceptors (Lipinski definition) is 5. The molecule has 0 aliphatic carbocycles. The van der Waals surface area contributed by atoms with Crippen molar-refractivity contribution in [2.24, 2.45) is 0 Å². The van der Waals surface area contributed by atoms with E-state index in [0.717, 1.165) is 0 Å². The number of benzene rings is 1. The molecule has 0 fully saturated rings. The average Bonchev–Trinajstić information content (AvgIpc) is 2.37. The summed E-state index contributed by atoms with van der Waals surface area (Å²) in [6.45, 7) is 1.08. The number of aliphatic hydroxyl groups excluding tert-OH is 2. The van der Waals surface area contributed by atoms with Gasteiger partial charge in [-0.1, -0.05) is 12.1 Å². The number of methoxy groups -OCH3 is 1. The minimum Gasteiger partial charge on any atom is -0.493 e. The molecular formula is C12H19NO4. The lowest BCUT2D eigenvalue weighted by molar-refractivity contribution is 0.103. The minimum atomic E-state index is -0.619. The van der Waals surface area contributed by atoms with Crippen molar-refractivity contribution in [2.45, 2.75) is 6.10 Å². The summed E-state index contributed by atoms with van der Waals surface area (Å²) in [5.41, 5.74) is 0. The number of ether oxygens (including phenoxy) is 2. The predicted octanol–water partition coefficient (Wildman–Crippen LogP) is 0.0168. The second-order valence-electron chi connectivity index (χ2n) is 3.54. The zero-order valence-electron chi connectivity index (χ0n) is 9.93. The molecule has 0 saturated heterocycles. The van der Waals surface area contributed by atoms with Crippen LogP contribution >= 0.6 is 0 Å². The maximum absolute atomic E-state index is 9.59. The van der Waals surface area contributed by atoms with Gasteiger partial charge in [-0.15, -0.1) is 0 Å². The minimum absolute atomic E-state index is 0.0556. The lowest BCUT2D eigenvalue weighted by Crippen LogP contribution is -2.32. The average molecular weight is 241 g/mol. The highest BCUT2D eigenvalue weighted by atomic mass is 16.5. The van der Waals surface area contributed by atoms with Crippen molar-refractivity contribution in [1.29, 1.82) is 0 Å². The van der Waals surface area contributed by atoms with Gasteiger partial charge in [-0.25, -0.2) is 0 Å². The first-order valence-electron chi connectivity index (χ1n) is 5.53. The van der Waals surface area contributed by atoms with E-state index in [-0.39, 0.29) is 13.2 Å². The molecule has 1 aromatic rings. The molecule has 5 nitrogen and oxygen atoms in total. The van der Waals surface area contributed by atoms with E-state index in [9.17, 15) is 5.11 Å². The molecule has 0 spiro atoms. The Bertz CT molecular complexity index is 319. The van der Waals surface area contributed by atoms with Crippen molar-refractivity contribution in [1.82, 2.24) is 5.32 Å². The lowest BCUT2D eigenvalue weighted by atomic mass is 10.3. The fraction of sp³-hybridized carbons (Fsp3) is 0.500. The van der Waals surface area contributed by atoms with E-state index in [1.807, 2.05) is 12.1 Å². The molecule has 0 radical (unpaired) electrons. The van der Waals surface area contributed by atoms with Gasteiger partial charge in [0.05, 0.1) is 13.7 Å². The maximum atomic E-state index is 9.59. The fourth-order valence-corrected chi connectivity index (χ4v) is 1.33. The maximum Gasteiger partial charge on any atom is 0.161 e.